The van der Waals surface area contributed by atoms with Gasteiger partial charge in [0.1, 0.15) is 0 Å². The number of benzene rings is 2. The van der Waals surface area contributed by atoms with Crippen molar-refractivity contribution in [2.45, 2.75) is 25.7 Å². The van der Waals surface area contributed by atoms with Crippen molar-refractivity contribution in [2.24, 2.45) is 4.40 Å². The van der Waals surface area contributed by atoms with Crippen LogP contribution in [-0.4, -0.2) is 19.9 Å². The van der Waals surface area contributed by atoms with E-state index in [1.54, 1.807) is 38.1 Å². The lowest BCUT2D eigenvalue weighted by molar-refractivity contribution is 0.104. The van der Waals surface area contributed by atoms with Gasteiger partial charge in [-0.25, -0.2) is 0 Å². The number of Topliss-reactive ketones (excluding diaryl/α,β-unsaturated/α-hetero) is 1. The first-order valence-corrected chi connectivity index (χ1v) is 9.88. The summed E-state index contributed by atoms with van der Waals surface area (Å²) >= 11 is 3.20. The average molecular weight is 418 g/mol. The molecule has 0 N–H and O–H groups in total. The van der Waals surface area contributed by atoms with Gasteiger partial charge in [0.25, 0.3) is 10.0 Å². The van der Waals surface area contributed by atoms with Crippen LogP contribution in [0.5, 0.6) is 0 Å². The molecule has 2 aromatic rings. The molecule has 0 unspecified atom stereocenters. The van der Waals surface area contributed by atoms with Crippen LogP contribution in [0.15, 0.2) is 56.2 Å². The Labute approximate surface area is 155 Å². The van der Waals surface area contributed by atoms with E-state index >= 15 is 0 Å². The number of halogens is 1. The summed E-state index contributed by atoms with van der Waals surface area (Å²) in [5.74, 6) is -0.186. The highest BCUT2D eigenvalue weighted by Gasteiger charge is 2.26. The summed E-state index contributed by atoms with van der Waals surface area (Å²) in [5.41, 5.74) is 3.51. The summed E-state index contributed by atoms with van der Waals surface area (Å²) in [6, 6.07) is 10.5. The summed E-state index contributed by atoms with van der Waals surface area (Å²) < 4.78 is 30.2. The van der Waals surface area contributed by atoms with Crippen LogP contribution >= 0.6 is 15.9 Å². The molecule has 2 aromatic carbocycles. The highest BCUT2D eigenvalue weighted by atomic mass is 79.9. The Morgan fingerprint density at radius 2 is 1.52 bits per heavy atom. The number of nitrogens with zero attached hydrogens (tertiary/aromatic N) is 1. The van der Waals surface area contributed by atoms with Crippen LogP contribution in [-0.2, 0) is 10.0 Å². The van der Waals surface area contributed by atoms with Crippen molar-refractivity contribution in [3.63, 3.8) is 0 Å². The predicted octanol–water partition coefficient (Wildman–Crippen LogP) is 4.26. The number of hydrogen-bond donors (Lipinski definition) is 0. The number of rotatable bonds is 2. The number of fused-ring (bicyclic) bond motifs is 1. The minimum Gasteiger partial charge on any atom is -0.288 e. The summed E-state index contributed by atoms with van der Waals surface area (Å²) in [5, 5.41) is 0. The zero-order valence-corrected chi connectivity index (χ0v) is 16.4. The van der Waals surface area contributed by atoms with Gasteiger partial charge in [-0.05, 0) is 53.9 Å². The van der Waals surface area contributed by atoms with Crippen molar-refractivity contribution < 1.29 is 13.2 Å². The molecule has 0 amide bonds. The van der Waals surface area contributed by atoms with Crippen LogP contribution in [0, 0.1) is 20.8 Å². The molecule has 0 saturated carbocycles. The van der Waals surface area contributed by atoms with Crippen molar-refractivity contribution >= 4 is 37.4 Å². The molecular formula is C19H16BrNO3S. The first-order chi connectivity index (χ1) is 11.7. The van der Waals surface area contributed by atoms with Gasteiger partial charge < -0.3 is 0 Å². The molecule has 0 saturated heterocycles. The van der Waals surface area contributed by atoms with E-state index in [4.69, 9.17) is 0 Å². The standard InChI is InChI=1S/C19H16BrNO3S/c1-11-8-12(2)19(13(3)9-11)25(23,24)21-17-10-16(20)18(22)15-7-5-4-6-14(15)17/h4-10H,1-3H3/b21-17+. The van der Waals surface area contributed by atoms with E-state index in [1.807, 2.05) is 19.1 Å². The molecule has 0 radical (unpaired) electrons. The normalized spacial score (nSPS) is 15.9. The number of allylic oxidation sites excluding steroid dienone is 2. The lowest BCUT2D eigenvalue weighted by atomic mass is 9.94. The molecule has 0 aromatic heterocycles. The van der Waals surface area contributed by atoms with E-state index in [2.05, 4.69) is 20.3 Å². The van der Waals surface area contributed by atoms with Gasteiger partial charge in [-0.2, -0.15) is 12.8 Å². The van der Waals surface area contributed by atoms with Crippen molar-refractivity contribution in [3.8, 4) is 0 Å². The Morgan fingerprint density at radius 1 is 0.960 bits per heavy atom. The molecule has 128 valence electrons. The van der Waals surface area contributed by atoms with Crippen molar-refractivity contribution in [3.05, 3.63) is 74.8 Å². The highest BCUT2D eigenvalue weighted by Crippen LogP contribution is 2.28. The molecule has 0 aliphatic heterocycles. The lowest BCUT2D eigenvalue weighted by Gasteiger charge is -2.15. The Kier molecular flexibility index (Phi) is 4.51. The third-order valence-corrected chi connectivity index (χ3v) is 6.20. The Morgan fingerprint density at radius 3 is 2.12 bits per heavy atom. The van der Waals surface area contributed by atoms with Crippen LogP contribution in [0.1, 0.15) is 32.6 Å². The average Bonchev–Trinajstić information content (AvgIpc) is 2.50. The fourth-order valence-corrected chi connectivity index (χ4v) is 4.98. The van der Waals surface area contributed by atoms with Crippen LogP contribution in [0.2, 0.25) is 0 Å². The fraction of sp³-hybridized carbons (Fsp3) is 0.158. The number of sulfonamides is 1. The molecule has 25 heavy (non-hydrogen) atoms. The SMILES string of the molecule is Cc1cc(C)c(S(=O)(=O)/N=C2\C=C(Br)C(=O)c3ccccc32)c(C)c1. The first kappa shape index (κ1) is 17.8. The van der Waals surface area contributed by atoms with Gasteiger partial charge in [-0.3, -0.25) is 4.79 Å². The molecule has 6 heteroatoms. The monoisotopic (exact) mass is 417 g/mol. The van der Waals surface area contributed by atoms with E-state index in [1.165, 1.54) is 6.08 Å². The molecule has 1 aliphatic rings. The second kappa shape index (κ2) is 6.35. The van der Waals surface area contributed by atoms with Crippen LogP contribution in [0.3, 0.4) is 0 Å². The van der Waals surface area contributed by atoms with Gasteiger partial charge in [0.05, 0.1) is 15.1 Å². The maximum Gasteiger partial charge on any atom is 0.283 e. The summed E-state index contributed by atoms with van der Waals surface area (Å²) in [6.45, 7) is 5.44. The first-order valence-electron chi connectivity index (χ1n) is 7.65. The smallest absolute Gasteiger partial charge is 0.283 e. The van der Waals surface area contributed by atoms with Crippen molar-refractivity contribution in [1.29, 1.82) is 0 Å². The molecule has 3 rings (SSSR count). The Balaban J connectivity index is 2.23. The summed E-state index contributed by atoms with van der Waals surface area (Å²) in [4.78, 5) is 12.4. The van der Waals surface area contributed by atoms with Gasteiger partial charge in [-0.15, -0.1) is 0 Å². The second-order valence-corrected chi connectivity index (χ2v) is 8.44. The lowest BCUT2D eigenvalue weighted by Crippen LogP contribution is -2.17. The number of carbonyl (C=O) groups is 1. The number of carbonyl (C=O) groups excluding carboxylic acids is 1. The minimum atomic E-state index is -3.91. The Bertz CT molecular complexity index is 1040. The fourth-order valence-electron chi connectivity index (χ4n) is 3.12. The zero-order valence-electron chi connectivity index (χ0n) is 14.0. The maximum atomic E-state index is 12.9. The zero-order chi connectivity index (χ0) is 18.4. The number of aryl methyl sites for hydroxylation is 3. The van der Waals surface area contributed by atoms with E-state index < -0.39 is 10.0 Å². The largest absolute Gasteiger partial charge is 0.288 e. The van der Waals surface area contributed by atoms with E-state index in [0.29, 0.717) is 22.3 Å². The molecule has 0 fully saturated rings. The van der Waals surface area contributed by atoms with Gasteiger partial charge in [0.2, 0.25) is 5.78 Å². The molecule has 0 atom stereocenters. The van der Waals surface area contributed by atoms with E-state index in [-0.39, 0.29) is 20.9 Å². The quantitative estimate of drug-likeness (QED) is 0.732. The molecular weight excluding hydrogens is 402 g/mol. The topological polar surface area (TPSA) is 63.6 Å². The maximum absolute atomic E-state index is 12.9. The third-order valence-electron chi connectivity index (χ3n) is 4.01. The van der Waals surface area contributed by atoms with Gasteiger partial charge >= 0.3 is 0 Å². The molecule has 1 aliphatic carbocycles. The molecule has 4 nitrogen and oxygen atoms in total. The predicted molar refractivity (Wildman–Crippen MR) is 102 cm³/mol. The van der Waals surface area contributed by atoms with Crippen LogP contribution < -0.4 is 0 Å². The highest BCUT2D eigenvalue weighted by molar-refractivity contribution is 9.12. The second-order valence-electron chi connectivity index (χ2n) is 6.05. The Hall–Kier alpha value is -2.05. The van der Waals surface area contributed by atoms with Crippen LogP contribution in [0.25, 0.3) is 0 Å². The van der Waals surface area contributed by atoms with E-state index in [0.717, 1.165) is 5.56 Å². The van der Waals surface area contributed by atoms with Crippen LogP contribution in [0.4, 0.5) is 0 Å². The third kappa shape index (κ3) is 3.24. The van der Waals surface area contributed by atoms with E-state index in [9.17, 15) is 13.2 Å². The van der Waals surface area contributed by atoms with Crippen molar-refractivity contribution in [1.82, 2.24) is 0 Å². The van der Waals surface area contributed by atoms with Crippen molar-refractivity contribution in [2.75, 3.05) is 0 Å². The molecule has 0 heterocycles. The minimum absolute atomic E-state index is 0.186. The number of ketones is 1. The molecule has 0 bridgehead atoms. The van der Waals surface area contributed by atoms with Gasteiger partial charge in [0.15, 0.2) is 0 Å². The summed E-state index contributed by atoms with van der Waals surface area (Å²) in [6.07, 6.45) is 1.46. The molecule has 0 spiro atoms. The van der Waals surface area contributed by atoms with Gasteiger partial charge in [0, 0.05) is 11.1 Å². The van der Waals surface area contributed by atoms with Gasteiger partial charge in [-0.1, -0.05) is 42.0 Å². The number of hydrogen-bond acceptors (Lipinski definition) is 3. The summed E-state index contributed by atoms with van der Waals surface area (Å²) in [7, 11) is -3.91.